The van der Waals surface area contributed by atoms with Gasteiger partial charge in [-0.1, -0.05) is 107 Å². The van der Waals surface area contributed by atoms with Crippen LogP contribution in [-0.4, -0.2) is 18.3 Å². The summed E-state index contributed by atoms with van der Waals surface area (Å²) in [5, 5.41) is 5.10. The lowest BCUT2D eigenvalue weighted by molar-refractivity contribution is -0.689. The predicted octanol–water partition coefficient (Wildman–Crippen LogP) is 5.93. The zero-order valence-corrected chi connectivity index (χ0v) is 27.5. The fourth-order valence-electron chi connectivity index (χ4n) is 4.87. The van der Waals surface area contributed by atoms with Crippen LogP contribution in [0.25, 0.3) is 0 Å². The third-order valence-corrected chi connectivity index (χ3v) is 8.18. The molecule has 0 fully saturated rings. The maximum atomic E-state index is 13.2. The molecular formula is C34H47BrN2O3S. The second-order valence-corrected chi connectivity index (χ2v) is 11.5. The van der Waals surface area contributed by atoms with Gasteiger partial charge in [0.1, 0.15) is 5.75 Å². The lowest BCUT2D eigenvalue weighted by Gasteiger charge is -2.15. The number of para-hydroxylation sites is 1. The quantitative estimate of drug-likeness (QED) is 0.100. The molecule has 0 unspecified atom stereocenters. The molecule has 0 aliphatic rings. The minimum absolute atomic E-state index is 0. The molecule has 1 aromatic heterocycles. The molecule has 0 aliphatic carbocycles. The molecule has 3 rings (SSSR count). The summed E-state index contributed by atoms with van der Waals surface area (Å²) in [6, 6.07) is 13.1. The monoisotopic (exact) mass is 642 g/mol. The van der Waals surface area contributed by atoms with Crippen LogP contribution in [0.15, 0.2) is 53.4 Å². The van der Waals surface area contributed by atoms with Crippen LogP contribution in [0.1, 0.15) is 123 Å². The number of aryl methyl sites for hydroxylation is 1. The van der Waals surface area contributed by atoms with Gasteiger partial charge in [0.2, 0.25) is 5.51 Å². The minimum Gasteiger partial charge on any atom is -1.00 e. The van der Waals surface area contributed by atoms with E-state index in [1.807, 2.05) is 24.3 Å². The molecule has 224 valence electrons. The zero-order chi connectivity index (χ0) is 28.6. The van der Waals surface area contributed by atoms with Gasteiger partial charge in [0.05, 0.1) is 23.1 Å². The number of carbonyl (C=O) groups is 2. The van der Waals surface area contributed by atoms with Gasteiger partial charge >= 0.3 is 0 Å². The highest BCUT2D eigenvalue weighted by Crippen LogP contribution is 2.26. The van der Waals surface area contributed by atoms with E-state index >= 15 is 0 Å². The first kappa shape index (κ1) is 34.7. The number of carbonyl (C=O) groups excluding carboxylic acids is 2. The molecule has 0 saturated carbocycles. The smallest absolute Gasteiger partial charge is 0.259 e. The molecule has 3 aromatic rings. The van der Waals surface area contributed by atoms with E-state index in [2.05, 4.69) is 34.6 Å². The fourth-order valence-corrected chi connectivity index (χ4v) is 5.65. The molecule has 1 heterocycles. The number of nitrogens with zero attached hydrogens (tertiary/aromatic N) is 1. The Morgan fingerprint density at radius 1 is 0.829 bits per heavy atom. The summed E-state index contributed by atoms with van der Waals surface area (Å²) in [5.74, 6) is 0.00467. The van der Waals surface area contributed by atoms with Gasteiger partial charge < -0.3 is 27.0 Å². The Balaban J connectivity index is 0.00000588. The van der Waals surface area contributed by atoms with Crippen molar-refractivity contribution in [3.8, 4) is 5.75 Å². The highest BCUT2D eigenvalue weighted by Gasteiger charge is 2.19. The molecule has 0 aliphatic heterocycles. The molecule has 1 N–H and O–H groups in total. The Morgan fingerprint density at radius 2 is 1.41 bits per heavy atom. The molecular weight excluding hydrogens is 596 g/mol. The maximum absolute atomic E-state index is 13.2. The first-order valence-corrected chi connectivity index (χ1v) is 16.0. The Kier molecular flexibility index (Phi) is 16.6. The van der Waals surface area contributed by atoms with Gasteiger partial charge in [-0.25, -0.2) is 0 Å². The summed E-state index contributed by atoms with van der Waals surface area (Å²) in [6.07, 6.45) is 15.3. The Morgan fingerprint density at radius 3 is 1.98 bits per heavy atom. The van der Waals surface area contributed by atoms with Crippen LogP contribution in [0.3, 0.4) is 0 Å². The first-order chi connectivity index (χ1) is 19.5. The highest BCUT2D eigenvalue weighted by atomic mass is 79.9. The zero-order valence-electron chi connectivity index (χ0n) is 25.1. The second-order valence-electron chi connectivity index (χ2n) is 10.8. The summed E-state index contributed by atoms with van der Waals surface area (Å²) in [7, 11) is 0. The third-order valence-electron chi connectivity index (χ3n) is 7.33. The predicted molar refractivity (Wildman–Crippen MR) is 166 cm³/mol. The largest absolute Gasteiger partial charge is 1.00 e. The van der Waals surface area contributed by atoms with E-state index in [1.54, 1.807) is 29.5 Å². The van der Waals surface area contributed by atoms with Crippen molar-refractivity contribution in [1.82, 2.24) is 0 Å². The van der Waals surface area contributed by atoms with E-state index < -0.39 is 0 Å². The molecule has 7 heteroatoms. The van der Waals surface area contributed by atoms with E-state index in [0.29, 0.717) is 29.2 Å². The highest BCUT2D eigenvalue weighted by molar-refractivity contribution is 7.07. The number of rotatable bonds is 19. The Bertz CT molecular complexity index is 1190. The Hall–Kier alpha value is -2.51. The number of thiazole rings is 1. The fraction of sp³-hybridized carbons (Fsp3) is 0.500. The molecule has 0 atom stereocenters. The topological polar surface area (TPSA) is 59.3 Å². The van der Waals surface area contributed by atoms with E-state index in [1.165, 1.54) is 76.8 Å². The van der Waals surface area contributed by atoms with Gasteiger partial charge in [0.15, 0.2) is 18.0 Å². The summed E-state index contributed by atoms with van der Waals surface area (Å²) in [6.45, 7) is 7.16. The van der Waals surface area contributed by atoms with Crippen LogP contribution < -0.4 is 31.6 Å². The molecule has 0 saturated heterocycles. The van der Waals surface area contributed by atoms with E-state index in [9.17, 15) is 9.59 Å². The van der Waals surface area contributed by atoms with E-state index in [-0.39, 0.29) is 28.7 Å². The number of hydrogen-bond acceptors (Lipinski definition) is 4. The second kappa shape index (κ2) is 19.6. The van der Waals surface area contributed by atoms with Gasteiger partial charge in [-0.15, -0.1) is 0 Å². The number of unbranched alkanes of at least 4 members (excludes halogenated alkanes) is 11. The van der Waals surface area contributed by atoms with Crippen LogP contribution in [0.2, 0.25) is 0 Å². The molecule has 41 heavy (non-hydrogen) atoms. The maximum Gasteiger partial charge on any atom is 0.259 e. The van der Waals surface area contributed by atoms with Crippen molar-refractivity contribution in [1.29, 1.82) is 0 Å². The van der Waals surface area contributed by atoms with Crippen molar-refractivity contribution in [2.75, 3.05) is 11.9 Å². The van der Waals surface area contributed by atoms with E-state index in [4.69, 9.17) is 4.74 Å². The lowest BCUT2D eigenvalue weighted by Crippen LogP contribution is -3.00. The standard InChI is InChI=1S/C34H46N2O3S.BrH/c1-4-5-6-7-8-9-10-11-12-13-14-15-23-39-33-31(28(3)37)17-16-18-32(33)34(38)35-30-21-19-29(20-22-30)24-36-26-40-25-27(36)2;/h16-22,25-26H,4-15,23-24H2,1-3H3;1H. The average Bonchev–Trinajstić information content (AvgIpc) is 3.36. The van der Waals surface area contributed by atoms with Gasteiger partial charge in [0, 0.05) is 18.2 Å². The SMILES string of the molecule is CCCCCCCCCCCCCCOc1c(C(C)=O)cccc1C(=O)Nc1ccc(C[n+]2cscc2C)cc1.[Br-]. The van der Waals surface area contributed by atoms with Gasteiger partial charge in [-0.2, -0.15) is 4.57 Å². The number of amides is 1. The summed E-state index contributed by atoms with van der Waals surface area (Å²) in [4.78, 5) is 25.5. The number of ether oxygens (including phenoxy) is 1. The molecule has 0 spiro atoms. The molecule has 2 aromatic carbocycles. The van der Waals surface area contributed by atoms with Gasteiger partial charge in [-0.3, -0.25) is 9.59 Å². The number of ketones is 1. The number of anilines is 1. The average molecular weight is 644 g/mol. The number of aromatic nitrogens is 1. The number of hydrogen-bond donors (Lipinski definition) is 1. The van der Waals surface area contributed by atoms with Crippen LogP contribution in [0.5, 0.6) is 5.75 Å². The third kappa shape index (κ3) is 12.1. The van der Waals surface area contributed by atoms with Gasteiger partial charge in [-0.05, 0) is 37.6 Å². The molecule has 0 bridgehead atoms. The van der Waals surface area contributed by atoms with Crippen molar-refractivity contribution in [3.63, 3.8) is 0 Å². The number of benzene rings is 2. The number of Topliss-reactive ketones (excluding diaryl/α,β-unsaturated/α-hetero) is 1. The summed E-state index contributed by atoms with van der Waals surface area (Å²) < 4.78 is 8.29. The Labute approximate surface area is 261 Å². The molecule has 1 amide bonds. The normalized spacial score (nSPS) is 10.7. The van der Waals surface area contributed by atoms with Gasteiger partial charge in [0.25, 0.3) is 5.91 Å². The van der Waals surface area contributed by atoms with Crippen molar-refractivity contribution in [2.45, 2.75) is 104 Å². The molecule has 5 nitrogen and oxygen atoms in total. The van der Waals surface area contributed by atoms with Crippen LogP contribution >= 0.6 is 11.3 Å². The van der Waals surface area contributed by atoms with Crippen LogP contribution in [0, 0.1) is 6.92 Å². The summed E-state index contributed by atoms with van der Waals surface area (Å²) >= 11 is 1.68. The van der Waals surface area contributed by atoms with Crippen molar-refractivity contribution >= 4 is 28.7 Å². The molecule has 0 radical (unpaired) electrons. The van der Waals surface area contributed by atoms with Crippen LogP contribution in [0.4, 0.5) is 5.69 Å². The number of nitrogens with one attached hydrogen (secondary N) is 1. The summed E-state index contributed by atoms with van der Waals surface area (Å²) in [5.41, 5.74) is 6.04. The van der Waals surface area contributed by atoms with Crippen molar-refractivity contribution in [2.24, 2.45) is 0 Å². The van der Waals surface area contributed by atoms with Crippen molar-refractivity contribution < 1.29 is 35.9 Å². The lowest BCUT2D eigenvalue weighted by atomic mass is 10.0. The van der Waals surface area contributed by atoms with Crippen LogP contribution in [-0.2, 0) is 6.54 Å². The minimum atomic E-state index is -0.274. The first-order valence-electron chi connectivity index (χ1n) is 15.1. The van der Waals surface area contributed by atoms with E-state index in [0.717, 1.165) is 24.9 Å². The van der Waals surface area contributed by atoms with Crippen molar-refractivity contribution in [3.05, 3.63) is 75.7 Å². The number of halogens is 1.